The maximum absolute atomic E-state index is 12.1. The molecule has 2 N–H and O–H groups in total. The summed E-state index contributed by atoms with van der Waals surface area (Å²) in [7, 11) is 0. The average molecular weight is 370 g/mol. The Labute approximate surface area is 155 Å². The van der Waals surface area contributed by atoms with Gasteiger partial charge in [-0.15, -0.1) is 11.8 Å². The molecule has 0 saturated carbocycles. The van der Waals surface area contributed by atoms with Gasteiger partial charge >= 0.3 is 5.97 Å². The van der Waals surface area contributed by atoms with Gasteiger partial charge in [-0.05, 0) is 36.8 Å². The summed E-state index contributed by atoms with van der Waals surface area (Å²) in [5, 5.41) is 4.86. The molecular weight excluding hydrogens is 352 g/mol. The number of aryl methyl sites for hydroxylation is 1. The van der Waals surface area contributed by atoms with Gasteiger partial charge in [0.05, 0.1) is 17.4 Å². The fourth-order valence-electron chi connectivity index (χ4n) is 2.50. The number of para-hydroxylation sites is 1. The number of carbonyl (C=O) groups is 3. The third kappa shape index (κ3) is 4.64. The van der Waals surface area contributed by atoms with Gasteiger partial charge in [0.15, 0.2) is 6.61 Å². The molecule has 2 aromatic rings. The monoisotopic (exact) mass is 370 g/mol. The van der Waals surface area contributed by atoms with Crippen LogP contribution in [0.15, 0.2) is 53.4 Å². The first-order valence-electron chi connectivity index (χ1n) is 8.10. The van der Waals surface area contributed by atoms with Crippen molar-refractivity contribution in [2.45, 2.75) is 23.5 Å². The van der Waals surface area contributed by atoms with Crippen molar-refractivity contribution in [1.29, 1.82) is 0 Å². The third-order valence-corrected chi connectivity index (χ3v) is 5.00. The van der Waals surface area contributed by atoms with Crippen molar-refractivity contribution < 1.29 is 19.1 Å². The van der Waals surface area contributed by atoms with E-state index in [1.807, 2.05) is 49.4 Å². The van der Waals surface area contributed by atoms with E-state index in [0.717, 1.165) is 16.1 Å². The minimum Gasteiger partial charge on any atom is -0.456 e. The van der Waals surface area contributed by atoms with Crippen LogP contribution in [0.25, 0.3) is 0 Å². The van der Waals surface area contributed by atoms with Gasteiger partial charge in [-0.2, -0.15) is 0 Å². The van der Waals surface area contributed by atoms with Crippen molar-refractivity contribution >= 4 is 40.9 Å². The first-order valence-corrected chi connectivity index (χ1v) is 8.98. The summed E-state index contributed by atoms with van der Waals surface area (Å²) in [5.74, 6) is -1.25. The van der Waals surface area contributed by atoms with Crippen LogP contribution in [-0.2, 0) is 19.1 Å². The van der Waals surface area contributed by atoms with Crippen LogP contribution < -0.4 is 10.6 Å². The fourth-order valence-corrected chi connectivity index (χ4v) is 3.60. The molecule has 0 aromatic heterocycles. The Morgan fingerprint density at radius 1 is 1.19 bits per heavy atom. The number of nitrogens with one attached hydrogen (secondary N) is 2. The second-order valence-electron chi connectivity index (χ2n) is 5.87. The highest BCUT2D eigenvalue weighted by Crippen LogP contribution is 2.36. The van der Waals surface area contributed by atoms with Crippen LogP contribution in [0.5, 0.6) is 0 Å². The number of hydrogen-bond acceptors (Lipinski definition) is 5. The van der Waals surface area contributed by atoms with Gasteiger partial charge in [0.25, 0.3) is 5.91 Å². The van der Waals surface area contributed by atoms with E-state index < -0.39 is 17.1 Å². The molecule has 1 aliphatic rings. The van der Waals surface area contributed by atoms with Crippen molar-refractivity contribution in [2.75, 3.05) is 17.2 Å². The van der Waals surface area contributed by atoms with Gasteiger partial charge in [-0.25, -0.2) is 0 Å². The summed E-state index contributed by atoms with van der Waals surface area (Å²) in [4.78, 5) is 36.8. The molecule has 26 heavy (non-hydrogen) atoms. The maximum atomic E-state index is 12.1. The Hall–Kier alpha value is -2.80. The molecule has 3 rings (SSSR count). The summed E-state index contributed by atoms with van der Waals surface area (Å²) in [6.45, 7) is 1.53. The van der Waals surface area contributed by atoms with Crippen LogP contribution in [0, 0.1) is 6.92 Å². The zero-order chi connectivity index (χ0) is 18.5. The Morgan fingerprint density at radius 2 is 2.00 bits per heavy atom. The number of rotatable bonds is 5. The molecule has 1 atom stereocenters. The SMILES string of the molecule is Cc1cccc(NC(=O)COC(=O)C[C@@H]2Sc3ccccc3NC2=O)c1. The fraction of sp³-hybridized carbons (Fsp3) is 0.211. The van der Waals surface area contributed by atoms with Gasteiger partial charge in [0.1, 0.15) is 0 Å². The number of fused-ring (bicyclic) bond motifs is 1. The third-order valence-electron chi connectivity index (χ3n) is 3.72. The number of anilines is 2. The molecule has 0 unspecified atom stereocenters. The molecule has 6 nitrogen and oxygen atoms in total. The minimum atomic E-state index is -0.587. The number of esters is 1. The van der Waals surface area contributed by atoms with Gasteiger partial charge in [0, 0.05) is 10.6 Å². The zero-order valence-corrected chi connectivity index (χ0v) is 15.0. The van der Waals surface area contributed by atoms with Crippen molar-refractivity contribution in [3.05, 3.63) is 54.1 Å². The number of benzene rings is 2. The predicted molar refractivity (Wildman–Crippen MR) is 100 cm³/mol. The van der Waals surface area contributed by atoms with E-state index in [1.54, 1.807) is 6.07 Å². The first-order chi connectivity index (χ1) is 12.5. The molecule has 1 heterocycles. The normalized spacial score (nSPS) is 15.6. The number of amides is 2. The number of hydrogen-bond donors (Lipinski definition) is 2. The Bertz CT molecular complexity index is 853. The molecule has 7 heteroatoms. The molecule has 0 spiro atoms. The predicted octanol–water partition coefficient (Wildman–Crippen LogP) is 2.98. The van der Waals surface area contributed by atoms with Crippen LogP contribution in [0.3, 0.4) is 0 Å². The lowest BCUT2D eigenvalue weighted by molar-refractivity contribution is -0.147. The highest BCUT2D eigenvalue weighted by atomic mass is 32.2. The van der Waals surface area contributed by atoms with Crippen LogP contribution in [0.4, 0.5) is 11.4 Å². The summed E-state index contributed by atoms with van der Waals surface area (Å²) >= 11 is 1.32. The van der Waals surface area contributed by atoms with Crippen LogP contribution in [0.1, 0.15) is 12.0 Å². The number of carbonyl (C=O) groups excluding carboxylic acids is 3. The summed E-state index contributed by atoms with van der Waals surface area (Å²) in [6, 6.07) is 14.7. The van der Waals surface area contributed by atoms with E-state index in [-0.39, 0.29) is 18.9 Å². The van der Waals surface area contributed by atoms with E-state index in [4.69, 9.17) is 4.74 Å². The van der Waals surface area contributed by atoms with Crippen LogP contribution >= 0.6 is 11.8 Å². The van der Waals surface area contributed by atoms with Gasteiger partial charge in [-0.1, -0.05) is 24.3 Å². The summed E-state index contributed by atoms with van der Waals surface area (Å²) < 4.78 is 5.00. The zero-order valence-electron chi connectivity index (χ0n) is 14.2. The molecule has 2 aromatic carbocycles. The standard InChI is InChI=1S/C19H18N2O4S/c1-12-5-4-6-13(9-12)20-17(22)11-25-18(23)10-16-19(24)21-14-7-2-3-8-15(14)26-16/h2-9,16H,10-11H2,1H3,(H,20,22)(H,21,24)/t16-/m0/s1. The lowest BCUT2D eigenvalue weighted by Gasteiger charge is -2.23. The summed E-state index contributed by atoms with van der Waals surface area (Å²) in [5.41, 5.74) is 2.40. The second kappa shape index (κ2) is 8.05. The maximum Gasteiger partial charge on any atom is 0.307 e. The molecular formula is C19H18N2O4S. The second-order valence-corrected chi connectivity index (χ2v) is 7.12. The van der Waals surface area contributed by atoms with E-state index in [2.05, 4.69) is 10.6 Å². The number of ether oxygens (including phenoxy) is 1. The molecule has 1 aliphatic heterocycles. The van der Waals surface area contributed by atoms with E-state index >= 15 is 0 Å². The molecule has 2 amide bonds. The van der Waals surface area contributed by atoms with Gasteiger partial charge in [0.2, 0.25) is 5.91 Å². The van der Waals surface area contributed by atoms with Crippen molar-refractivity contribution in [2.24, 2.45) is 0 Å². The Balaban J connectivity index is 1.48. The first kappa shape index (κ1) is 18.0. The number of thioether (sulfide) groups is 1. The van der Waals surface area contributed by atoms with Crippen LogP contribution in [-0.4, -0.2) is 29.6 Å². The minimum absolute atomic E-state index is 0.0947. The quantitative estimate of drug-likeness (QED) is 0.791. The van der Waals surface area contributed by atoms with Crippen LogP contribution in [0.2, 0.25) is 0 Å². The molecule has 0 bridgehead atoms. The van der Waals surface area contributed by atoms with Gasteiger partial charge in [-0.3, -0.25) is 14.4 Å². The lowest BCUT2D eigenvalue weighted by atomic mass is 10.2. The van der Waals surface area contributed by atoms with Gasteiger partial charge < -0.3 is 15.4 Å². The lowest BCUT2D eigenvalue weighted by Crippen LogP contribution is -2.32. The molecule has 0 aliphatic carbocycles. The van der Waals surface area contributed by atoms with Crippen molar-refractivity contribution in [3.8, 4) is 0 Å². The van der Waals surface area contributed by atoms with E-state index in [0.29, 0.717) is 5.69 Å². The topological polar surface area (TPSA) is 84.5 Å². The molecule has 0 saturated heterocycles. The van der Waals surface area contributed by atoms with E-state index in [1.165, 1.54) is 11.8 Å². The highest BCUT2D eigenvalue weighted by molar-refractivity contribution is 8.01. The van der Waals surface area contributed by atoms with Crippen molar-refractivity contribution in [1.82, 2.24) is 0 Å². The largest absolute Gasteiger partial charge is 0.456 e. The molecule has 0 fully saturated rings. The van der Waals surface area contributed by atoms with E-state index in [9.17, 15) is 14.4 Å². The Kier molecular flexibility index (Phi) is 5.58. The average Bonchev–Trinajstić information content (AvgIpc) is 2.61. The molecule has 0 radical (unpaired) electrons. The highest BCUT2D eigenvalue weighted by Gasteiger charge is 2.29. The van der Waals surface area contributed by atoms with Crippen molar-refractivity contribution in [3.63, 3.8) is 0 Å². The summed E-state index contributed by atoms with van der Waals surface area (Å²) in [6.07, 6.45) is -0.0947. The molecule has 134 valence electrons. The smallest absolute Gasteiger partial charge is 0.307 e. The Morgan fingerprint density at radius 3 is 2.81 bits per heavy atom.